The number of rotatable bonds is 7. The Morgan fingerprint density at radius 2 is 1.44 bits per heavy atom. The molecule has 1 atom stereocenters. The molecular weight excluding hydrogens is 420 g/mol. The van der Waals surface area contributed by atoms with Crippen molar-refractivity contribution in [2.45, 2.75) is 12.7 Å². The number of amides is 1. The molecule has 1 aliphatic rings. The minimum absolute atomic E-state index is 0.0110. The molecule has 0 bridgehead atoms. The van der Waals surface area contributed by atoms with Crippen molar-refractivity contribution < 1.29 is 9.53 Å². The van der Waals surface area contributed by atoms with Gasteiger partial charge in [0.15, 0.2) is 0 Å². The van der Waals surface area contributed by atoms with E-state index in [4.69, 9.17) is 4.74 Å². The summed E-state index contributed by atoms with van der Waals surface area (Å²) in [4.78, 5) is 18.1. The molecule has 0 saturated heterocycles. The van der Waals surface area contributed by atoms with Crippen molar-refractivity contribution in [1.82, 2.24) is 0 Å². The Balaban J connectivity index is 1.66. The van der Waals surface area contributed by atoms with Gasteiger partial charge in [0.1, 0.15) is 18.5 Å². The molecule has 4 aromatic rings. The fourth-order valence-electron chi connectivity index (χ4n) is 4.44. The summed E-state index contributed by atoms with van der Waals surface area (Å²) in [5, 5.41) is 0. The van der Waals surface area contributed by atoms with Gasteiger partial charge < -0.3 is 9.64 Å². The van der Waals surface area contributed by atoms with E-state index in [9.17, 15) is 4.79 Å². The van der Waals surface area contributed by atoms with Crippen molar-refractivity contribution in [3.8, 4) is 5.75 Å². The molecule has 0 aromatic heterocycles. The Kier molecular flexibility index (Phi) is 6.13. The fourth-order valence-corrected chi connectivity index (χ4v) is 4.44. The monoisotopic (exact) mass is 446 g/mol. The van der Waals surface area contributed by atoms with Crippen LogP contribution in [0.2, 0.25) is 0 Å². The van der Waals surface area contributed by atoms with Crippen LogP contribution < -0.4 is 14.5 Å². The molecule has 0 N–H and O–H groups in total. The van der Waals surface area contributed by atoms with E-state index in [1.165, 1.54) is 5.56 Å². The van der Waals surface area contributed by atoms with Crippen molar-refractivity contribution in [2.24, 2.45) is 0 Å². The van der Waals surface area contributed by atoms with E-state index in [1.54, 1.807) is 6.08 Å². The predicted molar refractivity (Wildman–Crippen MR) is 137 cm³/mol. The highest BCUT2D eigenvalue weighted by molar-refractivity contribution is 6.12. The predicted octanol–water partition coefficient (Wildman–Crippen LogP) is 6.62. The molecule has 0 unspecified atom stereocenters. The molecule has 4 heteroatoms. The molecule has 1 amide bonds. The molecule has 4 nitrogen and oxygen atoms in total. The summed E-state index contributed by atoms with van der Waals surface area (Å²) in [7, 11) is 0. The minimum Gasteiger partial charge on any atom is -0.490 e. The third-order valence-corrected chi connectivity index (χ3v) is 5.98. The SMILES string of the molecule is C=CCOc1ccc([C@@H]2N(Cc3ccccc3)c3ccccc3C(=O)N2c2ccccc2)cc1. The second-order valence-electron chi connectivity index (χ2n) is 8.18. The third kappa shape index (κ3) is 4.18. The second-order valence-corrected chi connectivity index (χ2v) is 8.18. The van der Waals surface area contributed by atoms with Crippen LogP contribution in [0.4, 0.5) is 11.4 Å². The Bertz CT molecular complexity index is 1270. The summed E-state index contributed by atoms with van der Waals surface area (Å²) in [6.45, 7) is 4.82. The zero-order valence-corrected chi connectivity index (χ0v) is 18.9. The van der Waals surface area contributed by atoms with Crippen molar-refractivity contribution in [3.05, 3.63) is 139 Å². The van der Waals surface area contributed by atoms with E-state index >= 15 is 0 Å². The average molecular weight is 447 g/mol. The van der Waals surface area contributed by atoms with E-state index in [-0.39, 0.29) is 12.1 Å². The van der Waals surface area contributed by atoms with Crippen LogP contribution in [0.3, 0.4) is 0 Å². The van der Waals surface area contributed by atoms with Gasteiger partial charge in [-0.15, -0.1) is 0 Å². The molecule has 1 heterocycles. The van der Waals surface area contributed by atoms with E-state index in [0.29, 0.717) is 18.7 Å². The van der Waals surface area contributed by atoms with Crippen LogP contribution >= 0.6 is 0 Å². The van der Waals surface area contributed by atoms with Crippen LogP contribution in [-0.2, 0) is 6.54 Å². The van der Waals surface area contributed by atoms with Crippen LogP contribution in [0, 0.1) is 0 Å². The van der Waals surface area contributed by atoms with Gasteiger partial charge in [-0.2, -0.15) is 0 Å². The molecule has 34 heavy (non-hydrogen) atoms. The number of hydrogen-bond acceptors (Lipinski definition) is 3. The first-order valence-electron chi connectivity index (χ1n) is 11.4. The summed E-state index contributed by atoms with van der Waals surface area (Å²) in [6.07, 6.45) is 1.40. The van der Waals surface area contributed by atoms with E-state index in [1.807, 2.05) is 102 Å². The highest BCUT2D eigenvalue weighted by Gasteiger charge is 2.39. The molecule has 0 fully saturated rings. The van der Waals surface area contributed by atoms with Crippen molar-refractivity contribution in [1.29, 1.82) is 0 Å². The number of carbonyl (C=O) groups is 1. The molecule has 4 aromatic carbocycles. The molecular formula is C30H26N2O2. The number of benzene rings is 4. The average Bonchev–Trinajstić information content (AvgIpc) is 2.90. The van der Waals surface area contributed by atoms with E-state index in [0.717, 1.165) is 22.7 Å². The lowest BCUT2D eigenvalue weighted by molar-refractivity contribution is 0.0968. The topological polar surface area (TPSA) is 32.8 Å². The standard InChI is InChI=1S/C30H26N2O2/c1-2-21-34-26-19-17-24(18-20-26)29-31(22-23-11-5-3-6-12-23)28-16-10-9-15-27(28)30(33)32(29)25-13-7-4-8-14-25/h2-20,29H,1,21-22H2/t29-/m1/s1. The van der Waals surface area contributed by atoms with Gasteiger partial charge in [-0.1, -0.05) is 85.5 Å². The number of nitrogens with zero attached hydrogens (tertiary/aromatic N) is 2. The third-order valence-electron chi connectivity index (χ3n) is 5.98. The van der Waals surface area contributed by atoms with Gasteiger partial charge in [0.2, 0.25) is 0 Å². The fraction of sp³-hybridized carbons (Fsp3) is 0.100. The number of anilines is 2. The molecule has 1 aliphatic heterocycles. The van der Waals surface area contributed by atoms with Crippen LogP contribution in [0.25, 0.3) is 0 Å². The highest BCUT2D eigenvalue weighted by atomic mass is 16.5. The first kappa shape index (κ1) is 21.5. The smallest absolute Gasteiger partial charge is 0.262 e. The summed E-state index contributed by atoms with van der Waals surface area (Å²) < 4.78 is 5.70. The summed E-state index contributed by atoms with van der Waals surface area (Å²) in [5.74, 6) is 0.759. The van der Waals surface area contributed by atoms with Crippen molar-refractivity contribution >= 4 is 17.3 Å². The van der Waals surface area contributed by atoms with Gasteiger partial charge in [0.05, 0.1) is 11.3 Å². The van der Waals surface area contributed by atoms with Crippen LogP contribution in [0.15, 0.2) is 122 Å². The summed E-state index contributed by atoms with van der Waals surface area (Å²) in [6, 6.07) is 36.1. The molecule has 5 rings (SSSR count). The Morgan fingerprint density at radius 3 is 2.15 bits per heavy atom. The quantitative estimate of drug-likeness (QED) is 0.299. The zero-order valence-electron chi connectivity index (χ0n) is 18.9. The molecule has 0 saturated carbocycles. The normalized spacial score (nSPS) is 15.1. The number of hydrogen-bond donors (Lipinski definition) is 0. The van der Waals surface area contributed by atoms with Gasteiger partial charge >= 0.3 is 0 Å². The lowest BCUT2D eigenvalue weighted by atomic mass is 9.99. The van der Waals surface area contributed by atoms with Gasteiger partial charge in [0, 0.05) is 12.2 Å². The lowest BCUT2D eigenvalue weighted by Gasteiger charge is -2.46. The Morgan fingerprint density at radius 1 is 0.794 bits per heavy atom. The minimum atomic E-state index is -0.321. The Hall–Kier alpha value is -4.31. The first-order valence-corrected chi connectivity index (χ1v) is 11.4. The number of ether oxygens (including phenoxy) is 1. The van der Waals surface area contributed by atoms with Crippen molar-refractivity contribution in [2.75, 3.05) is 16.4 Å². The Labute approximate surface area is 200 Å². The van der Waals surface area contributed by atoms with E-state index in [2.05, 4.69) is 23.6 Å². The maximum absolute atomic E-state index is 13.9. The number of carbonyl (C=O) groups excluding carboxylic acids is 1. The maximum atomic E-state index is 13.9. The highest BCUT2D eigenvalue weighted by Crippen LogP contribution is 2.42. The van der Waals surface area contributed by atoms with Crippen LogP contribution in [-0.4, -0.2) is 12.5 Å². The first-order chi connectivity index (χ1) is 16.8. The van der Waals surface area contributed by atoms with E-state index < -0.39 is 0 Å². The summed E-state index contributed by atoms with van der Waals surface area (Å²) >= 11 is 0. The van der Waals surface area contributed by atoms with Gasteiger partial charge in [-0.25, -0.2) is 0 Å². The number of fused-ring (bicyclic) bond motifs is 1. The summed E-state index contributed by atoms with van der Waals surface area (Å²) in [5.41, 5.74) is 4.67. The second kappa shape index (κ2) is 9.67. The van der Waals surface area contributed by atoms with Gasteiger partial charge in [-0.05, 0) is 47.5 Å². The molecule has 0 radical (unpaired) electrons. The van der Waals surface area contributed by atoms with Crippen LogP contribution in [0.1, 0.15) is 27.7 Å². The maximum Gasteiger partial charge on any atom is 0.262 e. The zero-order chi connectivity index (χ0) is 23.3. The van der Waals surface area contributed by atoms with Crippen molar-refractivity contribution in [3.63, 3.8) is 0 Å². The van der Waals surface area contributed by atoms with Gasteiger partial charge in [0.25, 0.3) is 5.91 Å². The number of para-hydroxylation sites is 2. The van der Waals surface area contributed by atoms with Gasteiger partial charge in [-0.3, -0.25) is 9.69 Å². The lowest BCUT2D eigenvalue weighted by Crippen LogP contribution is -2.49. The molecule has 0 aliphatic carbocycles. The molecule has 168 valence electrons. The molecule has 0 spiro atoms. The van der Waals surface area contributed by atoms with Crippen LogP contribution in [0.5, 0.6) is 5.75 Å². The largest absolute Gasteiger partial charge is 0.490 e.